The highest BCUT2D eigenvalue weighted by Crippen LogP contribution is 2.31. The highest BCUT2D eigenvalue weighted by atomic mass is 16.7. The van der Waals surface area contributed by atoms with Crippen molar-refractivity contribution in [2.45, 2.75) is 11.8 Å². The van der Waals surface area contributed by atoms with Crippen LogP contribution in [0.4, 0.5) is 0 Å². The summed E-state index contributed by atoms with van der Waals surface area (Å²) in [6.07, 6.45) is -0.422. The molecule has 19 heavy (non-hydrogen) atoms. The van der Waals surface area contributed by atoms with Gasteiger partial charge in [0.15, 0.2) is 6.29 Å². The van der Waals surface area contributed by atoms with Crippen LogP contribution < -0.4 is 5.73 Å². The number of benzene rings is 2. The van der Waals surface area contributed by atoms with E-state index < -0.39 is 11.8 Å². The Kier molecular flexibility index (Phi) is 3.24. The molecule has 4 heteroatoms. The molecule has 2 aromatic rings. The number of aliphatic hydroxyl groups is 1. The van der Waals surface area contributed by atoms with Crippen molar-refractivity contribution >= 4 is 10.8 Å². The zero-order chi connectivity index (χ0) is 13.3. The van der Waals surface area contributed by atoms with Gasteiger partial charge in [-0.15, -0.1) is 0 Å². The Labute approximate surface area is 111 Å². The molecule has 0 saturated carbocycles. The van der Waals surface area contributed by atoms with Crippen molar-refractivity contribution in [1.82, 2.24) is 0 Å². The first-order chi connectivity index (χ1) is 9.22. The van der Waals surface area contributed by atoms with Gasteiger partial charge < -0.3 is 20.3 Å². The van der Waals surface area contributed by atoms with E-state index in [1.54, 1.807) is 0 Å². The van der Waals surface area contributed by atoms with Crippen molar-refractivity contribution in [3.05, 3.63) is 48.0 Å². The van der Waals surface area contributed by atoms with Gasteiger partial charge in [0.25, 0.3) is 0 Å². The Bertz CT molecular complexity index is 571. The summed E-state index contributed by atoms with van der Waals surface area (Å²) >= 11 is 0. The molecule has 1 saturated heterocycles. The fraction of sp³-hybridized carbons (Fsp3) is 0.333. The van der Waals surface area contributed by atoms with E-state index in [9.17, 15) is 5.11 Å². The number of nitrogens with two attached hydrogens (primary N) is 1. The van der Waals surface area contributed by atoms with Crippen LogP contribution in [0.15, 0.2) is 42.5 Å². The lowest BCUT2D eigenvalue weighted by atomic mass is 10.0. The lowest BCUT2D eigenvalue weighted by Gasteiger charge is -2.36. The molecule has 0 atom stereocenters. The Morgan fingerprint density at radius 2 is 1.79 bits per heavy atom. The fourth-order valence-corrected chi connectivity index (χ4v) is 2.30. The predicted molar refractivity (Wildman–Crippen MR) is 72.6 cm³/mol. The Hall–Kier alpha value is -1.46. The predicted octanol–water partition coefficient (Wildman–Crippen LogP) is 1.57. The van der Waals surface area contributed by atoms with E-state index in [0.717, 1.165) is 16.3 Å². The topological polar surface area (TPSA) is 64.7 Å². The summed E-state index contributed by atoms with van der Waals surface area (Å²) < 4.78 is 11.3. The maximum atomic E-state index is 9.19. The van der Waals surface area contributed by atoms with Crippen LogP contribution >= 0.6 is 0 Å². The second-order valence-corrected chi connectivity index (χ2v) is 5.04. The lowest BCUT2D eigenvalue weighted by molar-refractivity contribution is -0.215. The zero-order valence-electron chi connectivity index (χ0n) is 10.6. The molecule has 2 aromatic carbocycles. The Balaban J connectivity index is 1.90. The van der Waals surface area contributed by atoms with Gasteiger partial charge >= 0.3 is 0 Å². The van der Waals surface area contributed by atoms with E-state index >= 15 is 0 Å². The van der Waals surface area contributed by atoms with Crippen LogP contribution in [0.2, 0.25) is 0 Å². The smallest absolute Gasteiger partial charge is 0.184 e. The van der Waals surface area contributed by atoms with Gasteiger partial charge in [0.1, 0.15) is 0 Å². The number of rotatable bonds is 2. The van der Waals surface area contributed by atoms with Gasteiger partial charge in [0.2, 0.25) is 0 Å². The maximum absolute atomic E-state index is 9.19. The summed E-state index contributed by atoms with van der Waals surface area (Å²) in [7, 11) is 0. The minimum absolute atomic E-state index is 0.144. The van der Waals surface area contributed by atoms with Gasteiger partial charge in [0, 0.05) is 5.56 Å². The van der Waals surface area contributed by atoms with Crippen molar-refractivity contribution in [2.24, 2.45) is 5.73 Å². The standard InChI is InChI=1S/C15H17NO3/c16-15(8-17)9-18-14(19-10-15)13-7-3-5-11-4-1-2-6-12(11)13/h1-7,14,17H,8-10,16H2. The molecule has 3 rings (SSSR count). The van der Waals surface area contributed by atoms with Crippen molar-refractivity contribution in [2.75, 3.05) is 19.8 Å². The summed E-state index contributed by atoms with van der Waals surface area (Å²) in [6, 6.07) is 14.1. The summed E-state index contributed by atoms with van der Waals surface area (Å²) in [5.74, 6) is 0. The van der Waals surface area contributed by atoms with Crippen molar-refractivity contribution < 1.29 is 14.6 Å². The van der Waals surface area contributed by atoms with Gasteiger partial charge in [-0.05, 0) is 10.8 Å². The van der Waals surface area contributed by atoms with Crippen LogP contribution in [0, 0.1) is 0 Å². The fourth-order valence-electron chi connectivity index (χ4n) is 2.30. The minimum Gasteiger partial charge on any atom is -0.394 e. The monoisotopic (exact) mass is 259 g/mol. The van der Waals surface area contributed by atoms with E-state index in [4.69, 9.17) is 15.2 Å². The van der Waals surface area contributed by atoms with Crippen LogP contribution in [0.1, 0.15) is 11.9 Å². The van der Waals surface area contributed by atoms with Crippen LogP contribution in [0.5, 0.6) is 0 Å². The number of aliphatic hydroxyl groups excluding tert-OH is 1. The molecule has 4 nitrogen and oxygen atoms in total. The molecule has 0 radical (unpaired) electrons. The summed E-state index contributed by atoms with van der Waals surface area (Å²) in [5.41, 5.74) is 6.12. The molecule has 3 N–H and O–H groups in total. The molecule has 1 aliphatic rings. The van der Waals surface area contributed by atoms with E-state index in [-0.39, 0.29) is 19.8 Å². The summed E-state index contributed by atoms with van der Waals surface area (Å²) in [5, 5.41) is 11.5. The second kappa shape index (κ2) is 4.90. The molecule has 1 heterocycles. The van der Waals surface area contributed by atoms with E-state index in [1.165, 1.54) is 0 Å². The number of ether oxygens (including phenoxy) is 2. The normalized spacial score (nSPS) is 27.6. The molecule has 0 aliphatic carbocycles. The molecule has 0 spiro atoms. The van der Waals surface area contributed by atoms with Gasteiger partial charge in [0.05, 0.1) is 25.4 Å². The summed E-state index contributed by atoms with van der Waals surface area (Å²) in [6.45, 7) is 0.435. The summed E-state index contributed by atoms with van der Waals surface area (Å²) in [4.78, 5) is 0. The van der Waals surface area contributed by atoms with Gasteiger partial charge in [-0.25, -0.2) is 0 Å². The molecule has 100 valence electrons. The zero-order valence-corrected chi connectivity index (χ0v) is 10.6. The highest BCUT2D eigenvalue weighted by Gasteiger charge is 2.33. The van der Waals surface area contributed by atoms with Crippen LogP contribution in [0.25, 0.3) is 10.8 Å². The van der Waals surface area contributed by atoms with E-state index in [1.807, 2.05) is 30.3 Å². The molecule has 1 fully saturated rings. The minimum atomic E-state index is -0.791. The van der Waals surface area contributed by atoms with Gasteiger partial charge in [-0.3, -0.25) is 0 Å². The SMILES string of the molecule is NC1(CO)COC(c2cccc3ccccc23)OC1. The number of fused-ring (bicyclic) bond motifs is 1. The largest absolute Gasteiger partial charge is 0.394 e. The van der Waals surface area contributed by atoms with Crippen LogP contribution in [0.3, 0.4) is 0 Å². The van der Waals surface area contributed by atoms with Crippen molar-refractivity contribution in [1.29, 1.82) is 0 Å². The first kappa shape index (κ1) is 12.6. The quantitative estimate of drug-likeness (QED) is 0.859. The van der Waals surface area contributed by atoms with Gasteiger partial charge in [-0.2, -0.15) is 0 Å². The molecular formula is C15H17NO3. The van der Waals surface area contributed by atoms with Crippen molar-refractivity contribution in [3.63, 3.8) is 0 Å². The third-order valence-corrected chi connectivity index (χ3v) is 3.44. The van der Waals surface area contributed by atoms with Crippen LogP contribution in [-0.4, -0.2) is 30.5 Å². The second-order valence-electron chi connectivity index (χ2n) is 5.04. The average molecular weight is 259 g/mol. The molecular weight excluding hydrogens is 242 g/mol. The maximum Gasteiger partial charge on any atom is 0.184 e. The van der Waals surface area contributed by atoms with Gasteiger partial charge in [-0.1, -0.05) is 42.5 Å². The Morgan fingerprint density at radius 3 is 2.53 bits per heavy atom. The Morgan fingerprint density at radius 1 is 1.11 bits per heavy atom. The molecule has 0 unspecified atom stereocenters. The number of hydrogen-bond acceptors (Lipinski definition) is 4. The molecule has 0 aromatic heterocycles. The van der Waals surface area contributed by atoms with E-state index in [0.29, 0.717) is 0 Å². The first-order valence-electron chi connectivity index (χ1n) is 6.32. The lowest BCUT2D eigenvalue weighted by Crippen LogP contribution is -2.55. The molecule has 0 bridgehead atoms. The third kappa shape index (κ3) is 2.35. The number of hydrogen-bond donors (Lipinski definition) is 2. The van der Waals surface area contributed by atoms with Crippen molar-refractivity contribution in [3.8, 4) is 0 Å². The van der Waals surface area contributed by atoms with E-state index in [2.05, 4.69) is 12.1 Å². The molecule has 0 amide bonds. The van der Waals surface area contributed by atoms with Crippen LogP contribution in [-0.2, 0) is 9.47 Å². The average Bonchev–Trinajstić information content (AvgIpc) is 2.48. The first-order valence-corrected chi connectivity index (χ1v) is 6.32. The highest BCUT2D eigenvalue weighted by molar-refractivity contribution is 5.85. The third-order valence-electron chi connectivity index (χ3n) is 3.44. The molecule has 1 aliphatic heterocycles.